The molecule has 2 rings (SSSR count). The second-order valence-corrected chi connectivity index (χ2v) is 5.17. The summed E-state index contributed by atoms with van der Waals surface area (Å²) < 4.78 is 15.2. The first-order valence-corrected chi connectivity index (χ1v) is 7.73. The highest BCUT2D eigenvalue weighted by atomic mass is 16.6. The Bertz CT molecular complexity index is 674. The van der Waals surface area contributed by atoms with Crippen LogP contribution in [0.2, 0.25) is 0 Å². The summed E-state index contributed by atoms with van der Waals surface area (Å²) in [5.41, 5.74) is 1.62. The van der Waals surface area contributed by atoms with Gasteiger partial charge in [0.2, 0.25) is 0 Å². The largest absolute Gasteiger partial charge is 0.482 e. The van der Waals surface area contributed by atoms with Crippen LogP contribution in [-0.4, -0.2) is 25.7 Å². The lowest BCUT2D eigenvalue weighted by Gasteiger charge is -2.08. The molecule has 0 atom stereocenters. The number of carbonyl (C=O) groups excluding carboxylic acids is 2. The first-order valence-electron chi connectivity index (χ1n) is 7.73. The summed E-state index contributed by atoms with van der Waals surface area (Å²) in [4.78, 5) is 23.1. The number of aryl methyl sites for hydroxylation is 1. The number of hydrogen-bond donors (Lipinski definition) is 0. The first-order chi connectivity index (χ1) is 11.6. The molecule has 0 aromatic heterocycles. The van der Waals surface area contributed by atoms with Crippen LogP contribution in [0.1, 0.15) is 29.3 Å². The third kappa shape index (κ3) is 5.12. The van der Waals surface area contributed by atoms with Crippen molar-refractivity contribution >= 4 is 11.9 Å². The van der Waals surface area contributed by atoms with Gasteiger partial charge in [0.25, 0.3) is 0 Å². The molecule has 126 valence electrons. The van der Waals surface area contributed by atoms with Crippen LogP contribution >= 0.6 is 0 Å². The van der Waals surface area contributed by atoms with E-state index in [0.717, 1.165) is 12.8 Å². The summed E-state index contributed by atoms with van der Waals surface area (Å²) in [5, 5.41) is 0. The molecule has 0 aliphatic carbocycles. The molecule has 0 aliphatic heterocycles. The van der Waals surface area contributed by atoms with E-state index in [9.17, 15) is 9.59 Å². The zero-order valence-electron chi connectivity index (χ0n) is 13.8. The maximum Gasteiger partial charge on any atom is 0.349 e. The fourth-order valence-electron chi connectivity index (χ4n) is 2.12. The Morgan fingerprint density at radius 1 is 0.917 bits per heavy atom. The molecule has 2 aromatic rings. The van der Waals surface area contributed by atoms with Crippen molar-refractivity contribution in [3.63, 3.8) is 0 Å². The van der Waals surface area contributed by atoms with E-state index in [1.165, 1.54) is 36.9 Å². The summed E-state index contributed by atoms with van der Waals surface area (Å²) in [6.45, 7) is 1.93. The molecule has 0 saturated carbocycles. The number of benzene rings is 2. The Hall–Kier alpha value is -2.82. The van der Waals surface area contributed by atoms with Gasteiger partial charge in [-0.3, -0.25) is 0 Å². The molecule has 0 saturated heterocycles. The van der Waals surface area contributed by atoms with Gasteiger partial charge in [0.15, 0.2) is 6.61 Å². The Morgan fingerprint density at radius 3 is 2.12 bits per heavy atom. The average molecular weight is 328 g/mol. The number of methoxy groups -OCH3 is 1. The van der Waals surface area contributed by atoms with E-state index >= 15 is 0 Å². The van der Waals surface area contributed by atoms with E-state index in [4.69, 9.17) is 9.47 Å². The fraction of sp³-hybridized carbons (Fsp3) is 0.263. The SMILES string of the molecule is CCCc1ccc(OCC(=O)Oc2ccc(C(=O)OC)cc2)cc1. The Morgan fingerprint density at radius 2 is 1.54 bits per heavy atom. The molecule has 0 N–H and O–H groups in total. The lowest BCUT2D eigenvalue weighted by molar-refractivity contribution is -0.136. The number of rotatable bonds is 7. The van der Waals surface area contributed by atoms with Crippen molar-refractivity contribution in [2.45, 2.75) is 19.8 Å². The standard InChI is InChI=1S/C19H20O5/c1-3-4-14-5-9-16(10-6-14)23-13-18(20)24-17-11-7-15(8-12-17)19(21)22-2/h5-12H,3-4,13H2,1-2H3. The number of esters is 2. The molecule has 0 unspecified atom stereocenters. The lowest BCUT2D eigenvalue weighted by Crippen LogP contribution is -2.17. The molecule has 5 nitrogen and oxygen atoms in total. The van der Waals surface area contributed by atoms with Crippen molar-refractivity contribution in [3.8, 4) is 11.5 Å². The molecule has 0 spiro atoms. The smallest absolute Gasteiger partial charge is 0.349 e. The molecule has 0 radical (unpaired) electrons. The number of ether oxygens (including phenoxy) is 3. The van der Waals surface area contributed by atoms with Crippen LogP contribution in [0.5, 0.6) is 11.5 Å². The monoisotopic (exact) mass is 328 g/mol. The van der Waals surface area contributed by atoms with Gasteiger partial charge < -0.3 is 14.2 Å². The van der Waals surface area contributed by atoms with Gasteiger partial charge in [0.05, 0.1) is 12.7 Å². The van der Waals surface area contributed by atoms with Crippen molar-refractivity contribution in [2.24, 2.45) is 0 Å². The molecular weight excluding hydrogens is 308 g/mol. The Kier molecular flexibility index (Phi) is 6.37. The minimum Gasteiger partial charge on any atom is -0.482 e. The van der Waals surface area contributed by atoms with E-state index < -0.39 is 11.9 Å². The van der Waals surface area contributed by atoms with Crippen molar-refractivity contribution in [3.05, 3.63) is 59.7 Å². The quantitative estimate of drug-likeness (QED) is 0.576. The van der Waals surface area contributed by atoms with Crippen LogP contribution in [0.3, 0.4) is 0 Å². The van der Waals surface area contributed by atoms with Gasteiger partial charge in [-0.25, -0.2) is 9.59 Å². The summed E-state index contributed by atoms with van der Waals surface area (Å²) in [6, 6.07) is 13.8. The Labute approximate surface area is 141 Å². The van der Waals surface area contributed by atoms with Crippen LogP contribution in [0.15, 0.2) is 48.5 Å². The van der Waals surface area contributed by atoms with E-state index in [2.05, 4.69) is 11.7 Å². The molecule has 24 heavy (non-hydrogen) atoms. The van der Waals surface area contributed by atoms with Crippen molar-refractivity contribution in [1.82, 2.24) is 0 Å². The molecular formula is C19H20O5. The van der Waals surface area contributed by atoms with Gasteiger partial charge in [-0.2, -0.15) is 0 Å². The van der Waals surface area contributed by atoms with Gasteiger partial charge in [-0.15, -0.1) is 0 Å². The van der Waals surface area contributed by atoms with Crippen LogP contribution in [0.4, 0.5) is 0 Å². The summed E-state index contributed by atoms with van der Waals surface area (Å²) >= 11 is 0. The van der Waals surface area contributed by atoms with Crippen molar-refractivity contribution in [2.75, 3.05) is 13.7 Å². The third-order valence-corrected chi connectivity index (χ3v) is 3.33. The van der Waals surface area contributed by atoms with Crippen molar-refractivity contribution in [1.29, 1.82) is 0 Å². The number of hydrogen-bond acceptors (Lipinski definition) is 5. The normalized spacial score (nSPS) is 10.1. The van der Waals surface area contributed by atoms with Crippen molar-refractivity contribution < 1.29 is 23.8 Å². The summed E-state index contributed by atoms with van der Waals surface area (Å²) in [5.74, 6) is 0.00331. The third-order valence-electron chi connectivity index (χ3n) is 3.33. The Balaban J connectivity index is 1.83. The molecule has 0 aliphatic rings. The van der Waals surface area contributed by atoms with Gasteiger partial charge >= 0.3 is 11.9 Å². The minimum absolute atomic E-state index is 0.189. The predicted octanol–water partition coefficient (Wildman–Crippen LogP) is 3.41. The van der Waals surface area contributed by atoms with E-state index in [1.54, 1.807) is 0 Å². The second kappa shape index (κ2) is 8.72. The van der Waals surface area contributed by atoms with Crippen LogP contribution in [0, 0.1) is 0 Å². The highest BCUT2D eigenvalue weighted by Crippen LogP contribution is 2.15. The summed E-state index contributed by atoms with van der Waals surface area (Å²) in [6.07, 6.45) is 2.10. The molecule has 0 amide bonds. The van der Waals surface area contributed by atoms with E-state index in [0.29, 0.717) is 17.1 Å². The molecule has 5 heteroatoms. The molecule has 0 bridgehead atoms. The molecule has 2 aromatic carbocycles. The van der Waals surface area contributed by atoms with Crippen LogP contribution in [-0.2, 0) is 16.0 Å². The van der Waals surface area contributed by atoms with Crippen LogP contribution in [0.25, 0.3) is 0 Å². The minimum atomic E-state index is -0.515. The van der Waals surface area contributed by atoms with Gasteiger partial charge in [0.1, 0.15) is 11.5 Å². The van der Waals surface area contributed by atoms with Gasteiger partial charge in [-0.05, 0) is 48.4 Å². The highest BCUT2D eigenvalue weighted by Gasteiger charge is 2.09. The zero-order valence-corrected chi connectivity index (χ0v) is 13.8. The summed E-state index contributed by atoms with van der Waals surface area (Å²) in [7, 11) is 1.31. The lowest BCUT2D eigenvalue weighted by atomic mass is 10.1. The maximum absolute atomic E-state index is 11.8. The van der Waals surface area contributed by atoms with Gasteiger partial charge in [0, 0.05) is 0 Å². The molecule has 0 fully saturated rings. The fourth-order valence-corrected chi connectivity index (χ4v) is 2.12. The average Bonchev–Trinajstić information content (AvgIpc) is 2.61. The van der Waals surface area contributed by atoms with E-state index in [1.807, 2.05) is 24.3 Å². The molecule has 0 heterocycles. The first kappa shape index (κ1) is 17.5. The zero-order chi connectivity index (χ0) is 17.4. The highest BCUT2D eigenvalue weighted by molar-refractivity contribution is 5.89. The predicted molar refractivity (Wildman–Crippen MR) is 89.3 cm³/mol. The second-order valence-electron chi connectivity index (χ2n) is 5.17. The topological polar surface area (TPSA) is 61.8 Å². The maximum atomic E-state index is 11.8. The number of carbonyl (C=O) groups is 2. The van der Waals surface area contributed by atoms with E-state index in [-0.39, 0.29) is 6.61 Å². The van der Waals surface area contributed by atoms with Gasteiger partial charge in [-0.1, -0.05) is 25.5 Å². The van der Waals surface area contributed by atoms with Crippen LogP contribution < -0.4 is 9.47 Å².